The lowest BCUT2D eigenvalue weighted by molar-refractivity contribution is 0.0505. The smallest absolute Gasteiger partial charge is 0.191 e. The number of benzene rings is 1. The molecule has 0 radical (unpaired) electrons. The first-order valence-corrected chi connectivity index (χ1v) is 9.28. The maximum atomic E-state index is 5.69. The fraction of sp³-hybridized carbons (Fsp3) is 0.650. The Bertz CT molecular complexity index is 629. The van der Waals surface area contributed by atoms with Gasteiger partial charge in [0.1, 0.15) is 5.75 Å². The zero-order chi connectivity index (χ0) is 17.9. The van der Waals surface area contributed by atoms with E-state index in [-0.39, 0.29) is 29.4 Å². The summed E-state index contributed by atoms with van der Waals surface area (Å²) in [5, 5.41) is 7.08. The van der Waals surface area contributed by atoms with Gasteiger partial charge >= 0.3 is 0 Å². The molecule has 1 aliphatic carbocycles. The summed E-state index contributed by atoms with van der Waals surface area (Å²) in [4.78, 5) is 4.40. The standard InChI is InChI=1S/C20H31N3O2.HI/c1-14-5-6-18(24-4)16(11-14)20(7-9-25-10-8-20)13-22-19(21-3)23-17-12-15(17)2;/h5-6,11,15,17H,7-10,12-13H2,1-4H3,(H2,21,22,23);1H. The molecule has 2 N–H and O–H groups in total. The molecule has 0 bridgehead atoms. The largest absolute Gasteiger partial charge is 0.496 e. The minimum Gasteiger partial charge on any atom is -0.496 e. The van der Waals surface area contributed by atoms with Gasteiger partial charge in [0, 0.05) is 43.8 Å². The second-order valence-electron chi connectivity index (χ2n) is 7.49. The SMILES string of the molecule is CN=C(NCC1(c2cc(C)ccc2OC)CCOCC1)NC1CC1C.I. The lowest BCUT2D eigenvalue weighted by Gasteiger charge is -2.39. The van der Waals surface area contributed by atoms with Crippen molar-refractivity contribution in [3.8, 4) is 5.75 Å². The Kier molecular flexibility index (Phi) is 7.58. The number of rotatable bonds is 5. The van der Waals surface area contributed by atoms with Crippen molar-refractivity contribution in [3.63, 3.8) is 0 Å². The van der Waals surface area contributed by atoms with E-state index in [0.29, 0.717) is 6.04 Å². The number of ether oxygens (including phenoxy) is 2. The molecule has 146 valence electrons. The van der Waals surface area contributed by atoms with Crippen LogP contribution in [0.25, 0.3) is 0 Å². The van der Waals surface area contributed by atoms with E-state index in [9.17, 15) is 0 Å². The van der Waals surface area contributed by atoms with Crippen molar-refractivity contribution in [2.75, 3.05) is 33.9 Å². The maximum Gasteiger partial charge on any atom is 0.191 e. The van der Waals surface area contributed by atoms with E-state index in [0.717, 1.165) is 50.2 Å². The van der Waals surface area contributed by atoms with Gasteiger partial charge in [0.2, 0.25) is 0 Å². The van der Waals surface area contributed by atoms with Crippen LogP contribution in [0, 0.1) is 12.8 Å². The maximum absolute atomic E-state index is 5.69. The third kappa shape index (κ3) is 4.82. The molecule has 1 heterocycles. The van der Waals surface area contributed by atoms with Crippen LogP contribution in [0.15, 0.2) is 23.2 Å². The molecule has 2 aliphatic rings. The second kappa shape index (κ2) is 9.26. The van der Waals surface area contributed by atoms with E-state index in [2.05, 4.69) is 47.7 Å². The summed E-state index contributed by atoms with van der Waals surface area (Å²) in [6, 6.07) is 7.02. The van der Waals surface area contributed by atoms with Crippen molar-refractivity contribution in [3.05, 3.63) is 29.3 Å². The number of nitrogens with one attached hydrogen (secondary N) is 2. The third-order valence-electron chi connectivity index (χ3n) is 5.63. The van der Waals surface area contributed by atoms with Gasteiger partial charge in [-0.15, -0.1) is 24.0 Å². The molecule has 3 rings (SSSR count). The zero-order valence-corrected chi connectivity index (χ0v) is 18.6. The molecule has 0 spiro atoms. The number of halogens is 1. The Morgan fingerprint density at radius 3 is 2.62 bits per heavy atom. The average Bonchev–Trinajstić information content (AvgIpc) is 3.34. The highest BCUT2D eigenvalue weighted by atomic mass is 127. The molecule has 0 amide bonds. The normalized spacial score (nSPS) is 24.4. The highest BCUT2D eigenvalue weighted by Gasteiger charge is 2.38. The molecule has 0 aromatic heterocycles. The van der Waals surface area contributed by atoms with Crippen LogP contribution < -0.4 is 15.4 Å². The van der Waals surface area contributed by atoms with Gasteiger partial charge in [-0.1, -0.05) is 24.6 Å². The van der Waals surface area contributed by atoms with Gasteiger partial charge in [-0.2, -0.15) is 0 Å². The second-order valence-corrected chi connectivity index (χ2v) is 7.49. The lowest BCUT2D eigenvalue weighted by Crippen LogP contribution is -2.48. The first-order valence-electron chi connectivity index (χ1n) is 9.28. The molecular weight excluding hydrogens is 441 g/mol. The van der Waals surface area contributed by atoms with Crippen LogP contribution in [0.3, 0.4) is 0 Å². The van der Waals surface area contributed by atoms with E-state index in [4.69, 9.17) is 9.47 Å². The number of hydrogen-bond acceptors (Lipinski definition) is 3. The Hall–Kier alpha value is -1.02. The first-order chi connectivity index (χ1) is 12.1. The highest BCUT2D eigenvalue weighted by Crippen LogP contribution is 2.40. The van der Waals surface area contributed by atoms with E-state index in [1.807, 2.05) is 7.05 Å². The van der Waals surface area contributed by atoms with Crippen LogP contribution in [-0.2, 0) is 10.2 Å². The quantitative estimate of drug-likeness (QED) is 0.392. The summed E-state index contributed by atoms with van der Waals surface area (Å²) >= 11 is 0. The summed E-state index contributed by atoms with van der Waals surface area (Å²) in [5.74, 6) is 2.60. The Balaban J connectivity index is 0.00000243. The predicted molar refractivity (Wildman–Crippen MR) is 117 cm³/mol. The van der Waals surface area contributed by atoms with Crippen LogP contribution in [0.5, 0.6) is 5.75 Å². The predicted octanol–water partition coefficient (Wildman–Crippen LogP) is 3.24. The number of aliphatic imine (C=N–C) groups is 1. The van der Waals surface area contributed by atoms with Crippen molar-refractivity contribution >= 4 is 29.9 Å². The summed E-state index contributed by atoms with van der Waals surface area (Å²) in [5.41, 5.74) is 2.54. The van der Waals surface area contributed by atoms with Gasteiger partial charge in [-0.3, -0.25) is 4.99 Å². The van der Waals surface area contributed by atoms with Crippen molar-refractivity contribution in [2.24, 2.45) is 10.9 Å². The van der Waals surface area contributed by atoms with Gasteiger partial charge < -0.3 is 20.1 Å². The van der Waals surface area contributed by atoms with Gasteiger partial charge in [-0.25, -0.2) is 0 Å². The molecular formula is C20H32IN3O2. The van der Waals surface area contributed by atoms with E-state index in [1.54, 1.807) is 7.11 Å². The zero-order valence-electron chi connectivity index (χ0n) is 16.3. The highest BCUT2D eigenvalue weighted by molar-refractivity contribution is 14.0. The molecule has 6 heteroatoms. The van der Waals surface area contributed by atoms with Gasteiger partial charge in [0.05, 0.1) is 7.11 Å². The number of nitrogens with zero attached hydrogens (tertiary/aromatic N) is 1. The molecule has 2 atom stereocenters. The molecule has 1 saturated heterocycles. The first kappa shape index (κ1) is 21.3. The topological polar surface area (TPSA) is 54.9 Å². The monoisotopic (exact) mass is 473 g/mol. The summed E-state index contributed by atoms with van der Waals surface area (Å²) in [6.45, 7) is 6.80. The van der Waals surface area contributed by atoms with Crippen LogP contribution in [0.2, 0.25) is 0 Å². The third-order valence-corrected chi connectivity index (χ3v) is 5.63. The Morgan fingerprint density at radius 2 is 2.04 bits per heavy atom. The average molecular weight is 473 g/mol. The number of aryl methyl sites for hydroxylation is 1. The molecule has 1 saturated carbocycles. The fourth-order valence-electron chi connectivity index (χ4n) is 3.69. The summed E-state index contributed by atoms with van der Waals surface area (Å²) in [6.07, 6.45) is 3.19. The molecule has 1 aromatic rings. The summed E-state index contributed by atoms with van der Waals surface area (Å²) < 4.78 is 11.3. The van der Waals surface area contributed by atoms with Crippen LogP contribution in [-0.4, -0.2) is 45.9 Å². The van der Waals surface area contributed by atoms with E-state index < -0.39 is 0 Å². The molecule has 2 fully saturated rings. The Labute approximate surface area is 174 Å². The van der Waals surface area contributed by atoms with Crippen molar-refractivity contribution in [2.45, 2.75) is 44.6 Å². The number of hydrogen-bond donors (Lipinski definition) is 2. The summed E-state index contributed by atoms with van der Waals surface area (Å²) in [7, 11) is 3.59. The van der Waals surface area contributed by atoms with Gasteiger partial charge in [0.15, 0.2) is 5.96 Å². The molecule has 26 heavy (non-hydrogen) atoms. The minimum absolute atomic E-state index is 0. The fourth-order valence-corrected chi connectivity index (χ4v) is 3.69. The molecule has 5 nitrogen and oxygen atoms in total. The number of methoxy groups -OCH3 is 1. The van der Waals surface area contributed by atoms with Crippen LogP contribution >= 0.6 is 24.0 Å². The Morgan fingerprint density at radius 1 is 1.35 bits per heavy atom. The molecule has 1 aromatic carbocycles. The van der Waals surface area contributed by atoms with E-state index >= 15 is 0 Å². The van der Waals surface area contributed by atoms with Gasteiger partial charge in [0.25, 0.3) is 0 Å². The van der Waals surface area contributed by atoms with Gasteiger partial charge in [-0.05, 0) is 38.2 Å². The van der Waals surface area contributed by atoms with Crippen molar-refractivity contribution in [1.82, 2.24) is 10.6 Å². The van der Waals surface area contributed by atoms with Crippen LogP contribution in [0.4, 0.5) is 0 Å². The molecule has 2 unspecified atom stereocenters. The number of guanidine groups is 1. The van der Waals surface area contributed by atoms with Crippen molar-refractivity contribution in [1.29, 1.82) is 0 Å². The van der Waals surface area contributed by atoms with Crippen molar-refractivity contribution < 1.29 is 9.47 Å². The minimum atomic E-state index is 0. The van der Waals surface area contributed by atoms with E-state index in [1.165, 1.54) is 17.5 Å². The van der Waals surface area contributed by atoms with Crippen LogP contribution in [0.1, 0.15) is 37.3 Å². The lowest BCUT2D eigenvalue weighted by atomic mass is 9.73. The molecule has 1 aliphatic heterocycles.